The van der Waals surface area contributed by atoms with Crippen LogP contribution in [0, 0.1) is 0 Å². The molecule has 0 spiro atoms. The minimum Gasteiger partial charge on any atom is -0.398 e. The van der Waals surface area contributed by atoms with Crippen LogP contribution in [0.2, 0.25) is 0 Å². The molecule has 102 valence electrons. The molecule has 0 radical (unpaired) electrons. The number of hydrogen-bond donors (Lipinski definition) is 2. The van der Waals surface area contributed by atoms with Crippen molar-refractivity contribution in [2.45, 2.75) is 12.8 Å². The third-order valence-electron chi connectivity index (χ3n) is 3.20. The Kier molecular flexibility index (Phi) is 4.58. The van der Waals surface area contributed by atoms with Gasteiger partial charge >= 0.3 is 0 Å². The van der Waals surface area contributed by atoms with Gasteiger partial charge in [-0.15, -0.1) is 0 Å². The van der Waals surface area contributed by atoms with E-state index in [0.717, 1.165) is 41.7 Å². The summed E-state index contributed by atoms with van der Waals surface area (Å²) in [7, 11) is 4.21. The topological polar surface area (TPSA) is 54.2 Å². The van der Waals surface area contributed by atoms with E-state index < -0.39 is 0 Å². The Balaban J connectivity index is 1.99. The third-order valence-corrected chi connectivity index (χ3v) is 3.20. The second-order valence-electron chi connectivity index (χ2n) is 5.06. The van der Waals surface area contributed by atoms with E-state index in [1.165, 1.54) is 6.42 Å². The van der Waals surface area contributed by atoms with Crippen LogP contribution in [0.15, 0.2) is 30.6 Å². The van der Waals surface area contributed by atoms with Gasteiger partial charge in [-0.2, -0.15) is 0 Å². The Hall–Kier alpha value is -1.81. The van der Waals surface area contributed by atoms with Gasteiger partial charge in [-0.05, 0) is 51.7 Å². The van der Waals surface area contributed by atoms with Crippen LogP contribution in [-0.4, -0.2) is 37.1 Å². The van der Waals surface area contributed by atoms with Crippen LogP contribution in [0.5, 0.6) is 0 Å². The summed E-state index contributed by atoms with van der Waals surface area (Å²) in [4.78, 5) is 6.39. The van der Waals surface area contributed by atoms with Crippen LogP contribution in [0.1, 0.15) is 12.8 Å². The zero-order valence-corrected chi connectivity index (χ0v) is 11.7. The second kappa shape index (κ2) is 6.38. The largest absolute Gasteiger partial charge is 0.398 e. The van der Waals surface area contributed by atoms with E-state index in [9.17, 15) is 0 Å². The highest BCUT2D eigenvalue weighted by molar-refractivity contribution is 6.00. The molecule has 0 unspecified atom stereocenters. The maximum atomic E-state index is 5.97. The first-order chi connectivity index (χ1) is 9.18. The van der Waals surface area contributed by atoms with Gasteiger partial charge in [0.1, 0.15) is 0 Å². The molecular weight excluding hydrogens is 236 g/mol. The van der Waals surface area contributed by atoms with Crippen molar-refractivity contribution in [1.82, 2.24) is 9.88 Å². The molecule has 19 heavy (non-hydrogen) atoms. The number of nitrogens with two attached hydrogens (primary N) is 1. The van der Waals surface area contributed by atoms with Gasteiger partial charge in [-0.3, -0.25) is 4.98 Å². The second-order valence-corrected chi connectivity index (χ2v) is 5.06. The van der Waals surface area contributed by atoms with E-state index in [4.69, 9.17) is 5.73 Å². The van der Waals surface area contributed by atoms with Crippen LogP contribution in [0.4, 0.5) is 11.4 Å². The van der Waals surface area contributed by atoms with Crippen molar-refractivity contribution in [3.8, 4) is 0 Å². The summed E-state index contributed by atoms with van der Waals surface area (Å²) in [6, 6.07) is 5.94. The molecule has 1 aromatic heterocycles. The number of hydrogen-bond acceptors (Lipinski definition) is 4. The smallest absolute Gasteiger partial charge is 0.0437 e. The molecule has 4 nitrogen and oxygen atoms in total. The summed E-state index contributed by atoms with van der Waals surface area (Å²) < 4.78 is 0. The van der Waals surface area contributed by atoms with Crippen LogP contribution < -0.4 is 11.1 Å². The summed E-state index contributed by atoms with van der Waals surface area (Å²) in [5, 5.41) is 5.63. The Morgan fingerprint density at radius 1 is 1.16 bits per heavy atom. The van der Waals surface area contributed by atoms with Crippen molar-refractivity contribution >= 4 is 22.1 Å². The highest BCUT2D eigenvalue weighted by atomic mass is 15.0. The summed E-state index contributed by atoms with van der Waals surface area (Å²) in [5.41, 5.74) is 7.89. The molecule has 0 bridgehead atoms. The minimum atomic E-state index is 0.801. The molecule has 2 aromatic rings. The van der Waals surface area contributed by atoms with Gasteiger partial charge in [-0.25, -0.2) is 0 Å². The zero-order chi connectivity index (χ0) is 13.7. The van der Waals surface area contributed by atoms with Crippen LogP contribution in [0.25, 0.3) is 10.8 Å². The van der Waals surface area contributed by atoms with Crippen LogP contribution in [0.3, 0.4) is 0 Å². The standard InChI is InChI=1S/C15H22N4/c1-19(2)10-4-3-8-18-15-6-5-14(16)12-7-9-17-11-13(12)15/h5-7,9,11,18H,3-4,8,10,16H2,1-2H3. The maximum Gasteiger partial charge on any atom is 0.0437 e. The van der Waals surface area contributed by atoms with Crippen LogP contribution >= 0.6 is 0 Å². The Morgan fingerprint density at radius 3 is 2.79 bits per heavy atom. The molecule has 0 aliphatic heterocycles. The van der Waals surface area contributed by atoms with E-state index >= 15 is 0 Å². The molecular formula is C15H22N4. The monoisotopic (exact) mass is 258 g/mol. The lowest BCUT2D eigenvalue weighted by Crippen LogP contribution is -2.14. The van der Waals surface area contributed by atoms with Crippen molar-refractivity contribution in [3.05, 3.63) is 30.6 Å². The summed E-state index contributed by atoms with van der Waals surface area (Å²) in [6.07, 6.45) is 6.00. The number of pyridine rings is 1. The number of nitrogens with one attached hydrogen (secondary N) is 1. The van der Waals surface area contributed by atoms with Gasteiger partial charge in [0, 0.05) is 41.1 Å². The molecule has 0 aliphatic rings. The van der Waals surface area contributed by atoms with Gasteiger partial charge in [-0.1, -0.05) is 0 Å². The normalized spacial score (nSPS) is 11.1. The summed E-state index contributed by atoms with van der Waals surface area (Å²) >= 11 is 0. The summed E-state index contributed by atoms with van der Waals surface area (Å²) in [6.45, 7) is 2.10. The average Bonchev–Trinajstić information content (AvgIpc) is 2.41. The Labute approximate surface area is 114 Å². The number of fused-ring (bicyclic) bond motifs is 1. The molecule has 4 heteroatoms. The molecule has 1 heterocycles. The number of rotatable bonds is 6. The first-order valence-electron chi connectivity index (χ1n) is 6.69. The van der Waals surface area contributed by atoms with Crippen molar-refractivity contribution in [2.75, 3.05) is 38.2 Å². The molecule has 2 rings (SSSR count). The fourth-order valence-corrected chi connectivity index (χ4v) is 2.14. The molecule has 0 saturated carbocycles. The van der Waals surface area contributed by atoms with E-state index in [-0.39, 0.29) is 0 Å². The molecule has 0 fully saturated rings. The average molecular weight is 258 g/mol. The fraction of sp³-hybridized carbons (Fsp3) is 0.400. The highest BCUT2D eigenvalue weighted by Crippen LogP contribution is 2.27. The van der Waals surface area contributed by atoms with Gasteiger partial charge in [0.05, 0.1) is 0 Å². The number of unbranched alkanes of at least 4 members (excludes halogenated alkanes) is 1. The van der Waals surface area contributed by atoms with Crippen molar-refractivity contribution < 1.29 is 0 Å². The van der Waals surface area contributed by atoms with Crippen LogP contribution in [-0.2, 0) is 0 Å². The first-order valence-corrected chi connectivity index (χ1v) is 6.69. The Morgan fingerprint density at radius 2 is 2.00 bits per heavy atom. The maximum absolute atomic E-state index is 5.97. The summed E-state index contributed by atoms with van der Waals surface area (Å²) in [5.74, 6) is 0. The number of nitrogen functional groups attached to an aromatic ring is 1. The van der Waals surface area contributed by atoms with E-state index in [1.807, 2.05) is 24.4 Å². The molecule has 0 atom stereocenters. The number of nitrogens with zero attached hydrogens (tertiary/aromatic N) is 2. The van der Waals surface area contributed by atoms with Gasteiger partial charge in [0.15, 0.2) is 0 Å². The lowest BCUT2D eigenvalue weighted by Gasteiger charge is -2.12. The van der Waals surface area contributed by atoms with Gasteiger partial charge < -0.3 is 16.0 Å². The van der Waals surface area contributed by atoms with E-state index in [1.54, 1.807) is 6.20 Å². The highest BCUT2D eigenvalue weighted by Gasteiger charge is 2.03. The number of benzene rings is 1. The van der Waals surface area contributed by atoms with Crippen molar-refractivity contribution in [2.24, 2.45) is 0 Å². The Bertz CT molecular complexity index is 537. The van der Waals surface area contributed by atoms with Gasteiger partial charge in [0.25, 0.3) is 0 Å². The van der Waals surface area contributed by atoms with E-state index in [0.29, 0.717) is 0 Å². The first kappa shape index (κ1) is 13.6. The molecule has 0 aliphatic carbocycles. The van der Waals surface area contributed by atoms with Crippen molar-refractivity contribution in [3.63, 3.8) is 0 Å². The van der Waals surface area contributed by atoms with Gasteiger partial charge in [0.2, 0.25) is 0 Å². The molecule has 3 N–H and O–H groups in total. The minimum absolute atomic E-state index is 0.801. The lowest BCUT2D eigenvalue weighted by molar-refractivity contribution is 0.396. The third kappa shape index (κ3) is 3.58. The number of aromatic nitrogens is 1. The zero-order valence-electron chi connectivity index (χ0n) is 11.7. The predicted octanol–water partition coefficient (Wildman–Crippen LogP) is 2.57. The molecule has 1 aromatic carbocycles. The van der Waals surface area contributed by atoms with E-state index in [2.05, 4.69) is 29.3 Å². The van der Waals surface area contributed by atoms with Crippen molar-refractivity contribution in [1.29, 1.82) is 0 Å². The quantitative estimate of drug-likeness (QED) is 0.617. The lowest BCUT2D eigenvalue weighted by atomic mass is 10.1. The number of anilines is 2. The molecule has 0 saturated heterocycles. The molecule has 0 amide bonds. The fourth-order valence-electron chi connectivity index (χ4n) is 2.14. The predicted molar refractivity (Wildman–Crippen MR) is 82.4 cm³/mol. The SMILES string of the molecule is CN(C)CCCCNc1ccc(N)c2ccncc12.